The fraction of sp³-hybridized carbons (Fsp3) is 0.0769. The van der Waals surface area contributed by atoms with Crippen molar-refractivity contribution in [3.63, 3.8) is 0 Å². The molecule has 1 atom stereocenters. The number of rotatable bonds is 3. The quantitative estimate of drug-likeness (QED) is 0.724. The highest BCUT2D eigenvalue weighted by atomic mass is 79.9. The largest absolute Gasteiger partial charge is 0.398 e. The van der Waals surface area contributed by atoms with Gasteiger partial charge in [-0.1, -0.05) is 49.5 Å². The van der Waals surface area contributed by atoms with Crippen LogP contribution < -0.4 is 5.73 Å². The average Bonchev–Trinajstić information content (AvgIpc) is 2.32. The first-order valence-corrected chi connectivity index (χ1v) is 8.63. The summed E-state index contributed by atoms with van der Waals surface area (Å²) in [5, 5.41) is 0.596. The maximum absolute atomic E-state index is 12.3. The Bertz CT molecular complexity index is 649. The Hall–Kier alpha value is -0.360. The van der Waals surface area contributed by atoms with E-state index < -0.39 is 10.8 Å². The van der Waals surface area contributed by atoms with Crippen molar-refractivity contribution in [2.45, 2.75) is 10.6 Å². The Labute approximate surface area is 136 Å². The molecule has 6 heteroatoms. The molecule has 0 heterocycles. The summed E-state index contributed by atoms with van der Waals surface area (Å²) in [6.07, 6.45) is 0. The van der Waals surface area contributed by atoms with Gasteiger partial charge in [-0.15, -0.1) is 0 Å². The topological polar surface area (TPSA) is 43.1 Å². The average molecular weight is 424 g/mol. The number of nitrogens with two attached hydrogens (primary N) is 1. The molecule has 2 N–H and O–H groups in total. The maximum atomic E-state index is 12.3. The summed E-state index contributed by atoms with van der Waals surface area (Å²) < 4.78 is 14.1. The molecular formula is C13H10Br2ClNOS. The minimum absolute atomic E-state index is 0.345. The minimum Gasteiger partial charge on any atom is -0.398 e. The van der Waals surface area contributed by atoms with E-state index in [0.29, 0.717) is 21.4 Å². The van der Waals surface area contributed by atoms with Crippen molar-refractivity contribution >= 4 is 59.9 Å². The van der Waals surface area contributed by atoms with Crippen LogP contribution in [0.3, 0.4) is 0 Å². The summed E-state index contributed by atoms with van der Waals surface area (Å²) in [5.74, 6) is 0.345. The van der Waals surface area contributed by atoms with E-state index in [9.17, 15) is 4.21 Å². The Kier molecular flexibility index (Phi) is 5.06. The normalized spacial score (nSPS) is 12.4. The van der Waals surface area contributed by atoms with Gasteiger partial charge in [-0.2, -0.15) is 0 Å². The van der Waals surface area contributed by atoms with Crippen molar-refractivity contribution in [2.75, 3.05) is 5.73 Å². The van der Waals surface area contributed by atoms with E-state index >= 15 is 0 Å². The predicted molar refractivity (Wildman–Crippen MR) is 87.8 cm³/mol. The lowest BCUT2D eigenvalue weighted by atomic mass is 10.2. The molecule has 2 aromatic rings. The third kappa shape index (κ3) is 3.81. The van der Waals surface area contributed by atoms with Crippen LogP contribution in [0.25, 0.3) is 0 Å². The summed E-state index contributed by atoms with van der Waals surface area (Å²) in [4.78, 5) is 0.627. The number of hydrogen-bond acceptors (Lipinski definition) is 2. The number of nitrogen functional groups attached to an aromatic ring is 1. The van der Waals surface area contributed by atoms with Crippen molar-refractivity contribution < 1.29 is 4.21 Å². The Balaban J connectivity index is 2.25. The smallest absolute Gasteiger partial charge is 0.0621 e. The van der Waals surface area contributed by atoms with Crippen molar-refractivity contribution in [1.29, 1.82) is 0 Å². The summed E-state index contributed by atoms with van der Waals surface area (Å²) in [6, 6.07) is 10.9. The van der Waals surface area contributed by atoms with Crippen molar-refractivity contribution in [3.05, 3.63) is 55.9 Å². The SMILES string of the molecule is Nc1cc(Br)ccc1S(=O)Cc1ccc(Br)cc1Cl. The molecule has 0 amide bonds. The van der Waals surface area contributed by atoms with Crippen LogP contribution in [0.2, 0.25) is 5.02 Å². The molecular weight excluding hydrogens is 413 g/mol. The molecule has 2 nitrogen and oxygen atoms in total. The molecule has 0 aromatic heterocycles. The highest BCUT2D eigenvalue weighted by molar-refractivity contribution is 9.10. The van der Waals surface area contributed by atoms with Gasteiger partial charge in [0, 0.05) is 19.7 Å². The molecule has 0 spiro atoms. The highest BCUT2D eigenvalue weighted by Crippen LogP contribution is 2.27. The van der Waals surface area contributed by atoms with Gasteiger partial charge in [-0.3, -0.25) is 4.21 Å². The molecule has 0 bridgehead atoms. The van der Waals surface area contributed by atoms with E-state index in [1.807, 2.05) is 18.2 Å². The zero-order chi connectivity index (χ0) is 14.0. The number of halogens is 3. The minimum atomic E-state index is -1.22. The van der Waals surface area contributed by atoms with E-state index in [2.05, 4.69) is 31.9 Å². The third-order valence-corrected chi connectivity index (χ3v) is 5.29. The maximum Gasteiger partial charge on any atom is 0.0621 e. The first-order valence-electron chi connectivity index (χ1n) is 5.34. The predicted octanol–water partition coefficient (Wildman–Crippen LogP) is 4.76. The summed E-state index contributed by atoms with van der Waals surface area (Å²) in [6.45, 7) is 0. The summed E-state index contributed by atoms with van der Waals surface area (Å²) >= 11 is 12.8. The molecule has 100 valence electrons. The fourth-order valence-electron chi connectivity index (χ4n) is 1.58. The number of hydrogen-bond donors (Lipinski definition) is 1. The van der Waals surface area contributed by atoms with Gasteiger partial charge >= 0.3 is 0 Å². The van der Waals surface area contributed by atoms with E-state index in [1.165, 1.54) is 0 Å². The van der Waals surface area contributed by atoms with E-state index in [0.717, 1.165) is 14.5 Å². The molecule has 0 aliphatic rings. The lowest BCUT2D eigenvalue weighted by Gasteiger charge is -2.08. The number of anilines is 1. The van der Waals surface area contributed by atoms with Gasteiger partial charge in [0.15, 0.2) is 0 Å². The molecule has 0 aliphatic carbocycles. The summed E-state index contributed by atoms with van der Waals surface area (Å²) in [7, 11) is -1.22. The Morgan fingerprint density at radius 3 is 2.37 bits per heavy atom. The molecule has 0 aliphatic heterocycles. The molecule has 0 saturated heterocycles. The zero-order valence-electron chi connectivity index (χ0n) is 9.70. The van der Waals surface area contributed by atoms with Gasteiger partial charge in [0.25, 0.3) is 0 Å². The van der Waals surface area contributed by atoms with Gasteiger partial charge in [-0.05, 0) is 35.9 Å². The number of benzene rings is 2. The monoisotopic (exact) mass is 421 g/mol. The molecule has 19 heavy (non-hydrogen) atoms. The Morgan fingerprint density at radius 2 is 1.74 bits per heavy atom. The van der Waals surface area contributed by atoms with Gasteiger partial charge < -0.3 is 5.73 Å². The van der Waals surface area contributed by atoms with Gasteiger partial charge in [0.05, 0.1) is 21.4 Å². The lowest BCUT2D eigenvalue weighted by Crippen LogP contribution is -2.01. The van der Waals surface area contributed by atoms with Crippen molar-refractivity contribution in [2.24, 2.45) is 0 Å². The van der Waals surface area contributed by atoms with Crippen LogP contribution in [0, 0.1) is 0 Å². The van der Waals surface area contributed by atoms with Gasteiger partial charge in [0.2, 0.25) is 0 Å². The third-order valence-electron chi connectivity index (χ3n) is 2.52. The summed E-state index contributed by atoms with van der Waals surface area (Å²) in [5.41, 5.74) is 7.23. The van der Waals surface area contributed by atoms with Crippen LogP contribution in [0.5, 0.6) is 0 Å². The van der Waals surface area contributed by atoms with Crippen molar-refractivity contribution in [1.82, 2.24) is 0 Å². The van der Waals surface area contributed by atoms with Crippen LogP contribution in [-0.2, 0) is 16.6 Å². The van der Waals surface area contributed by atoms with E-state index in [4.69, 9.17) is 17.3 Å². The second kappa shape index (κ2) is 6.39. The van der Waals surface area contributed by atoms with Crippen molar-refractivity contribution in [3.8, 4) is 0 Å². The van der Waals surface area contributed by atoms with Crippen LogP contribution in [-0.4, -0.2) is 4.21 Å². The second-order valence-corrected chi connectivity index (χ2v) is 7.57. The van der Waals surface area contributed by atoms with Gasteiger partial charge in [-0.25, -0.2) is 0 Å². The molecule has 1 unspecified atom stereocenters. The standard InChI is InChI=1S/C13H10Br2ClNOS/c14-9-2-1-8(11(16)5-9)7-19(18)13-4-3-10(15)6-12(13)17/h1-6H,7,17H2. The Morgan fingerprint density at radius 1 is 1.11 bits per heavy atom. The molecule has 0 fully saturated rings. The zero-order valence-corrected chi connectivity index (χ0v) is 14.4. The van der Waals surface area contributed by atoms with Gasteiger partial charge in [0.1, 0.15) is 0 Å². The van der Waals surface area contributed by atoms with Crippen LogP contribution >= 0.6 is 43.5 Å². The van der Waals surface area contributed by atoms with Crippen LogP contribution in [0.1, 0.15) is 5.56 Å². The molecule has 2 aromatic carbocycles. The first kappa shape index (κ1) is 15.0. The molecule has 2 rings (SSSR count). The lowest BCUT2D eigenvalue weighted by molar-refractivity contribution is 0.683. The van der Waals surface area contributed by atoms with Crippen LogP contribution in [0.15, 0.2) is 50.2 Å². The first-order chi connectivity index (χ1) is 8.97. The molecule has 0 saturated carbocycles. The van der Waals surface area contributed by atoms with Crippen LogP contribution in [0.4, 0.5) is 5.69 Å². The highest BCUT2D eigenvalue weighted by Gasteiger charge is 2.11. The van der Waals surface area contributed by atoms with E-state index in [-0.39, 0.29) is 0 Å². The van der Waals surface area contributed by atoms with E-state index in [1.54, 1.807) is 18.2 Å². The fourth-order valence-corrected chi connectivity index (χ4v) is 4.01. The molecule has 0 radical (unpaired) electrons. The second-order valence-electron chi connectivity index (χ2n) is 3.91.